The van der Waals surface area contributed by atoms with E-state index in [4.69, 9.17) is 16.3 Å². The fraction of sp³-hybridized carbons (Fsp3) is 0.375. The molecule has 2 heterocycles. The topological polar surface area (TPSA) is 104 Å². The van der Waals surface area contributed by atoms with Crippen molar-refractivity contribution < 1.29 is 17.9 Å². The van der Waals surface area contributed by atoms with Crippen LogP contribution in [-0.2, 0) is 14.8 Å². The predicted octanol–water partition coefficient (Wildman–Crippen LogP) is 2.11. The van der Waals surface area contributed by atoms with Gasteiger partial charge in [0.25, 0.3) is 10.0 Å². The predicted molar refractivity (Wildman–Crippen MR) is 96.7 cm³/mol. The molecular formula is C16H19ClN4O4S. The summed E-state index contributed by atoms with van der Waals surface area (Å²) in [4.78, 5) is 18.9. The van der Waals surface area contributed by atoms with Crippen molar-refractivity contribution in [2.45, 2.75) is 17.9 Å². The highest BCUT2D eigenvalue weighted by molar-refractivity contribution is 7.89. The Kier molecular flexibility index (Phi) is 5.49. The molecule has 0 radical (unpaired) electrons. The second kappa shape index (κ2) is 7.65. The fourth-order valence-electron chi connectivity index (χ4n) is 2.89. The number of methoxy groups -OCH3 is 1. The van der Waals surface area contributed by atoms with Gasteiger partial charge in [0.15, 0.2) is 5.03 Å². The molecule has 1 amide bonds. The summed E-state index contributed by atoms with van der Waals surface area (Å²) in [6, 6.07) is 4.94. The lowest BCUT2D eigenvalue weighted by molar-refractivity contribution is -0.120. The first-order chi connectivity index (χ1) is 12.4. The number of aromatic nitrogens is 2. The van der Waals surface area contributed by atoms with Crippen molar-refractivity contribution in [3.8, 4) is 5.75 Å². The number of hydrogen-bond donors (Lipinski definition) is 2. The van der Waals surface area contributed by atoms with Crippen LogP contribution < -0.4 is 10.1 Å². The number of nitrogens with zero attached hydrogens (tertiary/aromatic N) is 2. The van der Waals surface area contributed by atoms with Crippen molar-refractivity contribution in [2.75, 3.05) is 25.5 Å². The first-order valence-corrected chi connectivity index (χ1v) is 9.86. The number of imidazole rings is 1. The van der Waals surface area contributed by atoms with Crippen LogP contribution in [0.4, 0.5) is 5.69 Å². The number of carbonyl (C=O) groups excluding carboxylic acids is 1. The van der Waals surface area contributed by atoms with E-state index in [1.807, 2.05) is 0 Å². The molecule has 2 N–H and O–H groups in total. The average molecular weight is 399 g/mol. The summed E-state index contributed by atoms with van der Waals surface area (Å²) in [5.41, 5.74) is 0.536. The lowest BCUT2D eigenvalue weighted by Crippen LogP contribution is -2.43. The number of piperidine rings is 1. The molecule has 1 aromatic heterocycles. The second-order valence-electron chi connectivity index (χ2n) is 5.96. The largest absolute Gasteiger partial charge is 0.495 e. The van der Waals surface area contributed by atoms with E-state index in [1.54, 1.807) is 18.2 Å². The summed E-state index contributed by atoms with van der Waals surface area (Å²) in [6.45, 7) is 0.497. The van der Waals surface area contributed by atoms with Gasteiger partial charge in [-0.1, -0.05) is 11.6 Å². The molecule has 1 unspecified atom stereocenters. The zero-order chi connectivity index (χ0) is 18.7. The number of H-pyrrole nitrogens is 1. The van der Waals surface area contributed by atoms with Crippen LogP contribution in [-0.4, -0.2) is 48.8 Å². The minimum atomic E-state index is -3.68. The Morgan fingerprint density at radius 2 is 2.27 bits per heavy atom. The number of nitrogens with one attached hydrogen (secondary N) is 2. The maximum atomic E-state index is 12.6. The lowest BCUT2D eigenvalue weighted by atomic mass is 9.98. The van der Waals surface area contributed by atoms with Crippen LogP contribution >= 0.6 is 11.6 Å². The normalized spacial score (nSPS) is 18.5. The van der Waals surface area contributed by atoms with E-state index in [1.165, 1.54) is 23.9 Å². The number of hydrogen-bond acceptors (Lipinski definition) is 5. The van der Waals surface area contributed by atoms with E-state index in [0.717, 1.165) is 0 Å². The Morgan fingerprint density at radius 1 is 1.46 bits per heavy atom. The van der Waals surface area contributed by atoms with E-state index < -0.39 is 15.9 Å². The van der Waals surface area contributed by atoms with Crippen molar-refractivity contribution >= 4 is 33.2 Å². The highest BCUT2D eigenvalue weighted by Gasteiger charge is 2.34. The Bertz CT molecular complexity index is 886. The molecule has 140 valence electrons. The molecule has 10 heteroatoms. The summed E-state index contributed by atoms with van der Waals surface area (Å²) in [6.07, 6.45) is 3.80. The average Bonchev–Trinajstić information content (AvgIpc) is 3.17. The maximum absolute atomic E-state index is 12.6. The van der Waals surface area contributed by atoms with Crippen LogP contribution in [0.25, 0.3) is 0 Å². The molecule has 1 aliphatic rings. The minimum Gasteiger partial charge on any atom is -0.495 e. The van der Waals surface area contributed by atoms with Gasteiger partial charge in [0.2, 0.25) is 5.91 Å². The number of amides is 1. The number of benzene rings is 1. The van der Waals surface area contributed by atoms with Gasteiger partial charge in [-0.25, -0.2) is 13.4 Å². The van der Waals surface area contributed by atoms with E-state index in [-0.39, 0.29) is 17.5 Å². The Balaban J connectivity index is 1.69. The molecule has 0 spiro atoms. The van der Waals surface area contributed by atoms with Crippen LogP contribution in [0, 0.1) is 5.92 Å². The smallest absolute Gasteiger partial charge is 0.260 e. The van der Waals surface area contributed by atoms with E-state index in [2.05, 4.69) is 15.3 Å². The highest BCUT2D eigenvalue weighted by atomic mass is 35.5. The van der Waals surface area contributed by atoms with Gasteiger partial charge in [0.05, 0.1) is 30.6 Å². The Morgan fingerprint density at radius 3 is 2.92 bits per heavy atom. The molecule has 2 aromatic rings. The molecule has 1 aliphatic heterocycles. The molecule has 8 nitrogen and oxygen atoms in total. The molecule has 1 saturated heterocycles. The molecule has 0 aliphatic carbocycles. The Labute approximate surface area is 156 Å². The molecule has 0 bridgehead atoms. The van der Waals surface area contributed by atoms with Crippen molar-refractivity contribution in [3.05, 3.63) is 35.7 Å². The van der Waals surface area contributed by atoms with Crippen LogP contribution in [0.1, 0.15) is 12.8 Å². The van der Waals surface area contributed by atoms with Crippen molar-refractivity contribution in [1.29, 1.82) is 0 Å². The van der Waals surface area contributed by atoms with E-state index in [0.29, 0.717) is 35.8 Å². The molecule has 1 fully saturated rings. The van der Waals surface area contributed by atoms with Gasteiger partial charge < -0.3 is 15.0 Å². The van der Waals surface area contributed by atoms with Gasteiger partial charge in [-0.3, -0.25) is 4.79 Å². The van der Waals surface area contributed by atoms with Crippen molar-refractivity contribution in [2.24, 2.45) is 5.92 Å². The summed E-state index contributed by atoms with van der Waals surface area (Å²) in [7, 11) is -2.17. The first-order valence-electron chi connectivity index (χ1n) is 8.04. The summed E-state index contributed by atoms with van der Waals surface area (Å²) in [5, 5.41) is 3.20. The SMILES string of the molecule is COc1ccc(NC(=O)C2CCCN(S(=O)(=O)c3cnc[nH]3)C2)cc1Cl. The van der Waals surface area contributed by atoms with Gasteiger partial charge >= 0.3 is 0 Å². The molecule has 1 atom stereocenters. The van der Waals surface area contributed by atoms with Crippen LogP contribution in [0.15, 0.2) is 35.7 Å². The van der Waals surface area contributed by atoms with Crippen LogP contribution in [0.3, 0.4) is 0 Å². The van der Waals surface area contributed by atoms with Crippen LogP contribution in [0.2, 0.25) is 5.02 Å². The molecular weight excluding hydrogens is 380 g/mol. The lowest BCUT2D eigenvalue weighted by Gasteiger charge is -2.30. The second-order valence-corrected chi connectivity index (χ2v) is 8.27. The third-order valence-corrected chi connectivity index (χ3v) is 6.35. The number of carbonyl (C=O) groups is 1. The standard InChI is InChI=1S/C16H19ClN4O4S/c1-25-14-5-4-12(7-13(14)17)20-16(22)11-3-2-6-21(9-11)26(23,24)15-8-18-10-19-15/h4-5,7-8,10-11H,2-3,6,9H2,1H3,(H,18,19)(H,20,22). The third-order valence-electron chi connectivity index (χ3n) is 4.27. The summed E-state index contributed by atoms with van der Waals surface area (Å²) in [5.74, 6) is -0.169. The number of halogens is 1. The number of anilines is 1. The quantitative estimate of drug-likeness (QED) is 0.802. The molecule has 26 heavy (non-hydrogen) atoms. The van der Waals surface area contributed by atoms with Crippen molar-refractivity contribution in [1.82, 2.24) is 14.3 Å². The van der Waals surface area contributed by atoms with E-state index >= 15 is 0 Å². The van der Waals surface area contributed by atoms with Gasteiger partial charge in [0, 0.05) is 18.8 Å². The monoisotopic (exact) mass is 398 g/mol. The number of sulfonamides is 1. The van der Waals surface area contributed by atoms with Crippen molar-refractivity contribution in [3.63, 3.8) is 0 Å². The van der Waals surface area contributed by atoms with Gasteiger partial charge in [-0.2, -0.15) is 4.31 Å². The van der Waals surface area contributed by atoms with Crippen LogP contribution in [0.5, 0.6) is 5.75 Å². The molecule has 1 aromatic carbocycles. The number of ether oxygens (including phenoxy) is 1. The summed E-state index contributed by atoms with van der Waals surface area (Å²) >= 11 is 6.07. The first kappa shape index (κ1) is 18.7. The zero-order valence-corrected chi connectivity index (χ0v) is 15.7. The Hall–Kier alpha value is -2.10. The number of rotatable bonds is 5. The van der Waals surface area contributed by atoms with Gasteiger partial charge in [0.1, 0.15) is 5.75 Å². The molecule has 3 rings (SSSR count). The number of aromatic amines is 1. The third kappa shape index (κ3) is 3.84. The van der Waals surface area contributed by atoms with Gasteiger partial charge in [-0.05, 0) is 31.0 Å². The highest BCUT2D eigenvalue weighted by Crippen LogP contribution is 2.28. The summed E-state index contributed by atoms with van der Waals surface area (Å²) < 4.78 is 31.6. The maximum Gasteiger partial charge on any atom is 0.260 e. The molecule has 0 saturated carbocycles. The van der Waals surface area contributed by atoms with E-state index in [9.17, 15) is 13.2 Å². The fourth-order valence-corrected chi connectivity index (χ4v) is 4.56. The zero-order valence-electron chi connectivity index (χ0n) is 14.1. The minimum absolute atomic E-state index is 0.0282. The van der Waals surface area contributed by atoms with Gasteiger partial charge in [-0.15, -0.1) is 0 Å².